The molecule has 0 saturated carbocycles. The predicted molar refractivity (Wildman–Crippen MR) is 214 cm³/mol. The van der Waals surface area contributed by atoms with Crippen molar-refractivity contribution in [2.45, 2.75) is 187 Å². The third-order valence-electron chi connectivity index (χ3n) is 8.48. The molecule has 0 radical (unpaired) electrons. The molecular formula is C45H76O5. The summed E-state index contributed by atoms with van der Waals surface area (Å²) in [6.07, 6.45) is 53.9. The second-order valence-electron chi connectivity index (χ2n) is 13.3. The Morgan fingerprint density at radius 3 is 1.34 bits per heavy atom. The van der Waals surface area contributed by atoms with Gasteiger partial charge in [-0.15, -0.1) is 0 Å². The van der Waals surface area contributed by atoms with E-state index in [2.05, 4.69) is 86.8 Å². The van der Waals surface area contributed by atoms with E-state index in [9.17, 15) is 14.7 Å². The summed E-state index contributed by atoms with van der Waals surface area (Å²) in [4.78, 5) is 24.3. The van der Waals surface area contributed by atoms with Gasteiger partial charge >= 0.3 is 11.9 Å². The van der Waals surface area contributed by atoms with Gasteiger partial charge in [0.1, 0.15) is 6.61 Å². The fourth-order valence-electron chi connectivity index (χ4n) is 5.40. The molecule has 0 aliphatic carbocycles. The lowest BCUT2D eigenvalue weighted by atomic mass is 10.1. The Balaban J connectivity index is 3.65. The van der Waals surface area contributed by atoms with Gasteiger partial charge in [0.15, 0.2) is 6.10 Å². The minimum Gasteiger partial charge on any atom is -0.462 e. The van der Waals surface area contributed by atoms with Crippen LogP contribution in [-0.4, -0.2) is 36.4 Å². The number of aliphatic hydroxyl groups excluding tert-OH is 1. The van der Waals surface area contributed by atoms with E-state index in [0.717, 1.165) is 77.0 Å². The van der Waals surface area contributed by atoms with E-state index < -0.39 is 6.10 Å². The van der Waals surface area contributed by atoms with E-state index in [1.54, 1.807) is 0 Å². The fraction of sp³-hybridized carbons (Fsp3) is 0.689. The Morgan fingerprint density at radius 2 is 0.860 bits per heavy atom. The number of hydrogen-bond donors (Lipinski definition) is 1. The van der Waals surface area contributed by atoms with Crippen LogP contribution in [0.15, 0.2) is 72.9 Å². The molecule has 0 rings (SSSR count). The van der Waals surface area contributed by atoms with Gasteiger partial charge in [-0.2, -0.15) is 0 Å². The first-order valence-electron chi connectivity index (χ1n) is 20.5. The highest BCUT2D eigenvalue weighted by Gasteiger charge is 2.16. The molecule has 0 aliphatic rings. The first-order chi connectivity index (χ1) is 24.6. The van der Waals surface area contributed by atoms with Crippen LogP contribution in [0.2, 0.25) is 0 Å². The molecule has 1 N–H and O–H groups in total. The second kappa shape index (κ2) is 40.8. The summed E-state index contributed by atoms with van der Waals surface area (Å²) < 4.78 is 10.6. The normalized spacial score (nSPS) is 12.9. The molecule has 5 heteroatoms. The lowest BCUT2D eigenvalue weighted by molar-refractivity contribution is -0.161. The monoisotopic (exact) mass is 697 g/mol. The maximum Gasteiger partial charge on any atom is 0.306 e. The van der Waals surface area contributed by atoms with E-state index in [0.29, 0.717) is 12.8 Å². The van der Waals surface area contributed by atoms with Gasteiger partial charge in [0.25, 0.3) is 0 Å². The lowest BCUT2D eigenvalue weighted by Gasteiger charge is -2.15. The molecule has 0 saturated heterocycles. The molecule has 5 nitrogen and oxygen atoms in total. The molecule has 0 amide bonds. The van der Waals surface area contributed by atoms with E-state index >= 15 is 0 Å². The average molecular weight is 697 g/mol. The summed E-state index contributed by atoms with van der Waals surface area (Å²) in [7, 11) is 0. The third-order valence-corrected chi connectivity index (χ3v) is 8.48. The van der Waals surface area contributed by atoms with E-state index in [1.165, 1.54) is 77.0 Å². The van der Waals surface area contributed by atoms with Gasteiger partial charge in [0.05, 0.1) is 6.61 Å². The molecular weight excluding hydrogens is 620 g/mol. The summed E-state index contributed by atoms with van der Waals surface area (Å²) in [6, 6.07) is 0. The SMILES string of the molecule is CC/C=C/C/C=C/C/C=C/C/C=C/C/C=C/CCCCCC(=O)OC[C@H](CO)OC(=O)CCCCCCCCC/C=C/CCCCCCCC. The first kappa shape index (κ1) is 47.3. The van der Waals surface area contributed by atoms with Gasteiger partial charge in [0, 0.05) is 12.8 Å². The van der Waals surface area contributed by atoms with Crippen molar-refractivity contribution in [3.8, 4) is 0 Å². The maximum absolute atomic E-state index is 12.2. The van der Waals surface area contributed by atoms with Crippen molar-refractivity contribution < 1.29 is 24.2 Å². The van der Waals surface area contributed by atoms with Crippen LogP contribution < -0.4 is 0 Å². The molecule has 0 bridgehead atoms. The van der Waals surface area contributed by atoms with Crippen molar-refractivity contribution in [2.24, 2.45) is 0 Å². The lowest BCUT2D eigenvalue weighted by Crippen LogP contribution is -2.28. The van der Waals surface area contributed by atoms with E-state index in [1.807, 2.05) is 0 Å². The van der Waals surface area contributed by atoms with Crippen LogP contribution in [0.3, 0.4) is 0 Å². The van der Waals surface area contributed by atoms with Crippen LogP contribution in [0.25, 0.3) is 0 Å². The summed E-state index contributed by atoms with van der Waals surface area (Å²) in [5.74, 6) is -0.638. The maximum atomic E-state index is 12.2. The number of allylic oxidation sites excluding steroid dienone is 12. The number of hydrogen-bond acceptors (Lipinski definition) is 5. The molecule has 1 atom stereocenters. The van der Waals surface area contributed by atoms with Gasteiger partial charge < -0.3 is 14.6 Å². The molecule has 0 aromatic rings. The minimum atomic E-state index is -0.790. The smallest absolute Gasteiger partial charge is 0.306 e. The number of unbranched alkanes of at least 4 members (excludes halogenated alkanes) is 16. The second-order valence-corrected chi connectivity index (χ2v) is 13.3. The molecule has 0 spiro atoms. The Bertz CT molecular complexity index is 926. The number of ether oxygens (including phenoxy) is 2. The zero-order valence-corrected chi connectivity index (χ0v) is 32.4. The zero-order valence-electron chi connectivity index (χ0n) is 32.4. The molecule has 0 unspecified atom stereocenters. The van der Waals surface area contributed by atoms with Crippen LogP contribution >= 0.6 is 0 Å². The summed E-state index contributed by atoms with van der Waals surface area (Å²) >= 11 is 0. The zero-order chi connectivity index (χ0) is 36.4. The Hall–Kier alpha value is -2.66. The minimum absolute atomic E-state index is 0.0880. The number of aliphatic hydroxyl groups is 1. The molecule has 0 aromatic heterocycles. The van der Waals surface area contributed by atoms with Gasteiger partial charge in [-0.1, -0.05) is 157 Å². The molecule has 0 heterocycles. The van der Waals surface area contributed by atoms with Crippen LogP contribution in [-0.2, 0) is 19.1 Å². The van der Waals surface area contributed by atoms with Gasteiger partial charge in [-0.05, 0) is 83.5 Å². The molecule has 0 aliphatic heterocycles. The van der Waals surface area contributed by atoms with Crippen molar-refractivity contribution in [1.82, 2.24) is 0 Å². The number of carbonyl (C=O) groups is 2. The third kappa shape index (κ3) is 38.1. The summed E-state index contributed by atoms with van der Waals surface area (Å²) in [6.45, 7) is 3.98. The topological polar surface area (TPSA) is 72.8 Å². The average Bonchev–Trinajstić information content (AvgIpc) is 3.12. The van der Waals surface area contributed by atoms with Crippen molar-refractivity contribution in [3.63, 3.8) is 0 Å². The van der Waals surface area contributed by atoms with Crippen LogP contribution in [0, 0.1) is 0 Å². The predicted octanol–water partition coefficient (Wildman–Crippen LogP) is 13.0. The van der Waals surface area contributed by atoms with Crippen molar-refractivity contribution >= 4 is 11.9 Å². The quantitative estimate of drug-likeness (QED) is 0.0401. The summed E-state index contributed by atoms with van der Waals surface area (Å²) in [5.41, 5.74) is 0. The van der Waals surface area contributed by atoms with Crippen molar-refractivity contribution in [3.05, 3.63) is 72.9 Å². The standard InChI is InChI=1S/C45H76O5/c1-3-5-7-9-11-13-15-17-19-21-22-24-25-27-29-31-33-35-37-39-44(47)49-42-43(41-46)50-45(48)40-38-36-34-32-30-28-26-23-20-18-16-14-12-10-8-6-4-2/h5,7,11,13,17-20,22,24,27,29,43,46H,3-4,6,8-10,12,14-16,21,23,25-26,28,30-42H2,1-2H3/b7-5+,13-11+,19-17+,20-18+,24-22+,29-27+/t43-/m0/s1. The van der Waals surface area contributed by atoms with Crippen LogP contribution in [0.1, 0.15) is 181 Å². The number of rotatable bonds is 36. The molecule has 50 heavy (non-hydrogen) atoms. The van der Waals surface area contributed by atoms with Gasteiger partial charge in [-0.3, -0.25) is 9.59 Å². The number of carbonyl (C=O) groups excluding carboxylic acids is 2. The highest BCUT2D eigenvalue weighted by molar-refractivity contribution is 5.70. The first-order valence-corrected chi connectivity index (χ1v) is 20.5. The molecule has 0 aromatic carbocycles. The number of esters is 2. The van der Waals surface area contributed by atoms with Gasteiger partial charge in [0.2, 0.25) is 0 Å². The van der Waals surface area contributed by atoms with Crippen molar-refractivity contribution in [2.75, 3.05) is 13.2 Å². The Morgan fingerprint density at radius 1 is 0.480 bits per heavy atom. The van der Waals surface area contributed by atoms with Crippen molar-refractivity contribution in [1.29, 1.82) is 0 Å². The fourth-order valence-corrected chi connectivity index (χ4v) is 5.40. The van der Waals surface area contributed by atoms with E-state index in [4.69, 9.17) is 9.47 Å². The van der Waals surface area contributed by atoms with Crippen LogP contribution in [0.5, 0.6) is 0 Å². The summed E-state index contributed by atoms with van der Waals surface area (Å²) in [5, 5.41) is 9.56. The Labute approximate surface area is 308 Å². The highest BCUT2D eigenvalue weighted by atomic mass is 16.6. The highest BCUT2D eigenvalue weighted by Crippen LogP contribution is 2.12. The Kier molecular flexibility index (Phi) is 38.6. The van der Waals surface area contributed by atoms with E-state index in [-0.39, 0.29) is 25.2 Å². The molecule has 0 fully saturated rings. The van der Waals surface area contributed by atoms with Crippen LogP contribution in [0.4, 0.5) is 0 Å². The molecule has 286 valence electrons. The van der Waals surface area contributed by atoms with Gasteiger partial charge in [-0.25, -0.2) is 0 Å². The largest absolute Gasteiger partial charge is 0.462 e.